The van der Waals surface area contributed by atoms with Gasteiger partial charge >= 0.3 is 0 Å². The number of hydrogen-bond donors (Lipinski definition) is 2. The molecule has 0 bridgehead atoms. The molecule has 5 heteroatoms. The van der Waals surface area contributed by atoms with Gasteiger partial charge in [0.15, 0.2) is 6.04 Å². The van der Waals surface area contributed by atoms with Gasteiger partial charge in [0.2, 0.25) is 0 Å². The Hall–Kier alpha value is -3.05. The van der Waals surface area contributed by atoms with Crippen LogP contribution < -0.4 is 10.6 Å². The maximum Gasteiger partial charge on any atom is 0.282 e. The molecule has 0 saturated carbocycles. The van der Waals surface area contributed by atoms with Crippen LogP contribution in [-0.2, 0) is 4.79 Å². The van der Waals surface area contributed by atoms with E-state index < -0.39 is 17.7 Å². The molecule has 0 saturated heterocycles. The Morgan fingerprint density at radius 3 is 2.32 bits per heavy atom. The highest BCUT2D eigenvalue weighted by atomic mass is 19.1. The zero-order valence-corrected chi connectivity index (χ0v) is 15.8. The first-order valence-electron chi connectivity index (χ1n) is 9.21. The van der Waals surface area contributed by atoms with Crippen molar-refractivity contribution in [2.75, 3.05) is 5.32 Å². The number of nitrogens with two attached hydrogens (primary N) is 1. The zero-order chi connectivity index (χ0) is 20.1. The number of para-hydroxylation sites is 1. The van der Waals surface area contributed by atoms with Crippen molar-refractivity contribution in [3.8, 4) is 11.1 Å². The lowest BCUT2D eigenvalue weighted by molar-refractivity contribution is -0.710. The van der Waals surface area contributed by atoms with E-state index in [2.05, 4.69) is 5.32 Å². The molecule has 0 aliphatic heterocycles. The fraction of sp³-hybridized carbons (Fsp3) is 0.174. The molecule has 3 N–H and O–H groups in total. The Morgan fingerprint density at radius 2 is 1.61 bits per heavy atom. The summed E-state index contributed by atoms with van der Waals surface area (Å²) in [4.78, 5) is 12.7. The second-order valence-corrected chi connectivity index (χ2v) is 6.84. The van der Waals surface area contributed by atoms with Crippen LogP contribution in [0.15, 0.2) is 72.8 Å². The van der Waals surface area contributed by atoms with Gasteiger partial charge < -0.3 is 10.6 Å². The first-order chi connectivity index (χ1) is 13.5. The first kappa shape index (κ1) is 19.7. The third-order valence-corrected chi connectivity index (χ3v) is 4.71. The minimum atomic E-state index is -0.614. The molecule has 0 unspecified atom stereocenters. The van der Waals surface area contributed by atoms with E-state index in [1.165, 1.54) is 12.1 Å². The molecule has 0 aliphatic carbocycles. The van der Waals surface area contributed by atoms with Crippen LogP contribution in [0, 0.1) is 11.6 Å². The quantitative estimate of drug-likeness (QED) is 0.658. The zero-order valence-electron chi connectivity index (χ0n) is 15.8. The van der Waals surface area contributed by atoms with Crippen LogP contribution in [-0.4, -0.2) is 11.9 Å². The van der Waals surface area contributed by atoms with Gasteiger partial charge in [-0.3, -0.25) is 4.79 Å². The summed E-state index contributed by atoms with van der Waals surface area (Å²) in [7, 11) is 0. The van der Waals surface area contributed by atoms with Crippen molar-refractivity contribution >= 4 is 11.6 Å². The third-order valence-electron chi connectivity index (χ3n) is 4.71. The molecule has 3 rings (SSSR count). The van der Waals surface area contributed by atoms with Crippen molar-refractivity contribution in [1.29, 1.82) is 0 Å². The van der Waals surface area contributed by atoms with Crippen LogP contribution in [0.25, 0.3) is 11.1 Å². The van der Waals surface area contributed by atoms with E-state index in [1.807, 2.05) is 54.6 Å². The van der Waals surface area contributed by atoms with E-state index in [-0.39, 0.29) is 11.9 Å². The molecule has 2 atom stereocenters. The number of quaternary nitrogens is 1. The molecule has 1 amide bonds. The summed E-state index contributed by atoms with van der Waals surface area (Å²) in [5.41, 5.74) is 3.03. The molecule has 3 aromatic rings. The predicted molar refractivity (Wildman–Crippen MR) is 107 cm³/mol. The summed E-state index contributed by atoms with van der Waals surface area (Å²) in [6.07, 6.45) is 0. The molecule has 3 nitrogen and oxygen atoms in total. The molecule has 144 valence electrons. The molecule has 3 aromatic carbocycles. The van der Waals surface area contributed by atoms with Crippen molar-refractivity contribution < 1.29 is 18.9 Å². The highest BCUT2D eigenvalue weighted by Gasteiger charge is 2.23. The average Bonchev–Trinajstić information content (AvgIpc) is 2.69. The van der Waals surface area contributed by atoms with Crippen LogP contribution in [0.2, 0.25) is 0 Å². The normalized spacial score (nSPS) is 13.0. The summed E-state index contributed by atoms with van der Waals surface area (Å²) >= 11 is 0. The number of hydrogen-bond acceptors (Lipinski definition) is 1. The summed E-state index contributed by atoms with van der Waals surface area (Å²) in [6, 6.07) is 20.1. The standard InChI is InChI=1S/C23H22F2N2O/c1-15(19-13-12-18(24)14-21(19)25)26-16(2)23(28)27-22-11-7-6-10-20(22)17-8-4-3-5-9-17/h3-16,26H,1-2H3,(H,27,28)/p+1/t15-,16-/m0/s1. The van der Waals surface area contributed by atoms with Gasteiger partial charge in [-0.25, -0.2) is 8.78 Å². The van der Waals surface area contributed by atoms with Crippen LogP contribution in [0.3, 0.4) is 0 Å². The van der Waals surface area contributed by atoms with E-state index in [9.17, 15) is 13.6 Å². The number of rotatable bonds is 6. The monoisotopic (exact) mass is 381 g/mol. The lowest BCUT2D eigenvalue weighted by Crippen LogP contribution is -2.91. The van der Waals surface area contributed by atoms with Gasteiger partial charge in [-0.1, -0.05) is 48.5 Å². The fourth-order valence-corrected chi connectivity index (χ4v) is 3.20. The minimum absolute atomic E-state index is 0.183. The van der Waals surface area contributed by atoms with Crippen LogP contribution in [0.5, 0.6) is 0 Å². The fourth-order valence-electron chi connectivity index (χ4n) is 3.20. The number of amides is 1. The summed E-state index contributed by atoms with van der Waals surface area (Å²) < 4.78 is 27.1. The summed E-state index contributed by atoms with van der Waals surface area (Å²) in [5.74, 6) is -1.40. The third kappa shape index (κ3) is 4.61. The highest BCUT2D eigenvalue weighted by Crippen LogP contribution is 2.27. The van der Waals surface area contributed by atoms with Gasteiger partial charge in [-0.15, -0.1) is 0 Å². The second kappa shape index (κ2) is 8.76. The Bertz CT molecular complexity index is 960. The molecule has 0 aromatic heterocycles. The second-order valence-electron chi connectivity index (χ2n) is 6.84. The molecule has 0 aliphatic rings. The van der Waals surface area contributed by atoms with Crippen LogP contribution >= 0.6 is 0 Å². The highest BCUT2D eigenvalue weighted by molar-refractivity contribution is 5.97. The number of benzene rings is 3. The lowest BCUT2D eigenvalue weighted by atomic mass is 10.0. The van der Waals surface area contributed by atoms with E-state index in [4.69, 9.17) is 0 Å². The van der Waals surface area contributed by atoms with Crippen molar-refractivity contribution in [3.05, 3.63) is 90.0 Å². The summed E-state index contributed by atoms with van der Waals surface area (Å²) in [5, 5.41) is 4.73. The first-order valence-corrected chi connectivity index (χ1v) is 9.21. The Kier molecular flexibility index (Phi) is 6.16. The maximum absolute atomic E-state index is 14.0. The van der Waals surface area contributed by atoms with Gasteiger partial charge in [0, 0.05) is 22.9 Å². The molecule has 0 radical (unpaired) electrons. The van der Waals surface area contributed by atoms with E-state index in [0.29, 0.717) is 5.56 Å². The molecular formula is C23H23F2N2O+. The number of halogens is 2. The van der Waals surface area contributed by atoms with Gasteiger partial charge in [-0.05, 0) is 37.6 Å². The summed E-state index contributed by atoms with van der Waals surface area (Å²) in [6.45, 7) is 3.55. The number of nitrogens with one attached hydrogen (secondary N) is 1. The minimum Gasteiger partial charge on any atom is -0.330 e. The smallest absolute Gasteiger partial charge is 0.282 e. The molecule has 0 spiro atoms. The van der Waals surface area contributed by atoms with E-state index in [0.717, 1.165) is 22.9 Å². The Labute approximate surface area is 163 Å². The Balaban J connectivity index is 1.71. The number of carbonyl (C=O) groups is 1. The maximum atomic E-state index is 14.0. The number of anilines is 1. The molecule has 28 heavy (non-hydrogen) atoms. The van der Waals surface area contributed by atoms with Crippen molar-refractivity contribution in [2.45, 2.75) is 25.9 Å². The van der Waals surface area contributed by atoms with E-state index >= 15 is 0 Å². The van der Waals surface area contributed by atoms with Gasteiger partial charge in [0.05, 0.1) is 0 Å². The van der Waals surface area contributed by atoms with Gasteiger partial charge in [0.25, 0.3) is 5.91 Å². The largest absolute Gasteiger partial charge is 0.330 e. The topological polar surface area (TPSA) is 45.7 Å². The molecule has 0 fully saturated rings. The van der Waals surface area contributed by atoms with Gasteiger partial charge in [-0.2, -0.15) is 0 Å². The SMILES string of the molecule is C[C@H]([NH2+][C@@H](C)c1ccc(F)cc1F)C(=O)Nc1ccccc1-c1ccccc1. The molecule has 0 heterocycles. The van der Waals surface area contributed by atoms with Crippen molar-refractivity contribution in [3.63, 3.8) is 0 Å². The van der Waals surface area contributed by atoms with Crippen LogP contribution in [0.4, 0.5) is 14.5 Å². The van der Waals surface area contributed by atoms with Crippen molar-refractivity contribution in [2.24, 2.45) is 0 Å². The number of carbonyl (C=O) groups excluding carboxylic acids is 1. The van der Waals surface area contributed by atoms with Gasteiger partial charge in [0.1, 0.15) is 17.7 Å². The van der Waals surface area contributed by atoms with E-state index in [1.54, 1.807) is 19.2 Å². The average molecular weight is 381 g/mol. The van der Waals surface area contributed by atoms with Crippen LogP contribution in [0.1, 0.15) is 25.5 Å². The Morgan fingerprint density at radius 1 is 0.929 bits per heavy atom. The predicted octanol–water partition coefficient (Wildman–Crippen LogP) is 4.28. The van der Waals surface area contributed by atoms with Crippen molar-refractivity contribution in [1.82, 2.24) is 0 Å². The lowest BCUT2D eigenvalue weighted by Gasteiger charge is -2.18. The molecular weight excluding hydrogens is 358 g/mol.